The van der Waals surface area contributed by atoms with Gasteiger partial charge in [0.05, 0.1) is 18.8 Å². The Hall–Kier alpha value is -1.75. The largest absolute Gasteiger partial charge is 0.495 e. The number of carbonyl (C=O) groups excluding carboxylic acids is 1. The SMILES string of the molecule is COc1ccccc1N1CCC(NC(=O)C2CC3CCCCC3N2)CC1. The highest BCUT2D eigenvalue weighted by Gasteiger charge is 2.38. The molecule has 1 aromatic carbocycles. The monoisotopic (exact) mass is 357 g/mol. The molecule has 0 spiro atoms. The molecule has 2 heterocycles. The fraction of sp³-hybridized carbons (Fsp3) is 0.667. The zero-order chi connectivity index (χ0) is 17.9. The van der Waals surface area contributed by atoms with Crippen molar-refractivity contribution >= 4 is 11.6 Å². The van der Waals surface area contributed by atoms with Crippen molar-refractivity contribution < 1.29 is 9.53 Å². The summed E-state index contributed by atoms with van der Waals surface area (Å²) in [6.07, 6.45) is 8.18. The molecule has 5 heteroatoms. The molecule has 3 aliphatic rings. The Bertz CT molecular complexity index is 613. The summed E-state index contributed by atoms with van der Waals surface area (Å²) < 4.78 is 5.48. The van der Waals surface area contributed by atoms with Crippen LogP contribution in [0.15, 0.2) is 24.3 Å². The number of nitrogens with zero attached hydrogens (tertiary/aromatic N) is 1. The van der Waals surface area contributed by atoms with E-state index in [-0.39, 0.29) is 18.0 Å². The first-order valence-corrected chi connectivity index (χ1v) is 10.2. The quantitative estimate of drug-likeness (QED) is 0.870. The van der Waals surface area contributed by atoms with Gasteiger partial charge < -0.3 is 20.3 Å². The predicted octanol–water partition coefficient (Wildman–Crippen LogP) is 2.70. The molecule has 1 aromatic rings. The summed E-state index contributed by atoms with van der Waals surface area (Å²) in [6.45, 7) is 1.91. The number of hydrogen-bond donors (Lipinski definition) is 2. The lowest BCUT2D eigenvalue weighted by molar-refractivity contribution is -0.123. The average molecular weight is 357 g/mol. The Morgan fingerprint density at radius 1 is 1.15 bits per heavy atom. The molecule has 3 atom stereocenters. The van der Waals surface area contributed by atoms with Crippen molar-refractivity contribution in [3.63, 3.8) is 0 Å². The third kappa shape index (κ3) is 3.68. The third-order valence-corrected chi connectivity index (χ3v) is 6.45. The van der Waals surface area contributed by atoms with E-state index in [1.807, 2.05) is 12.1 Å². The van der Waals surface area contributed by atoms with Crippen LogP contribution < -0.4 is 20.3 Å². The molecule has 0 aromatic heterocycles. The second-order valence-electron chi connectivity index (χ2n) is 8.05. The summed E-state index contributed by atoms with van der Waals surface area (Å²) in [5.41, 5.74) is 1.15. The van der Waals surface area contributed by atoms with Gasteiger partial charge in [0, 0.05) is 25.2 Å². The van der Waals surface area contributed by atoms with Gasteiger partial charge in [-0.2, -0.15) is 0 Å². The minimum absolute atomic E-state index is 0.0235. The number of carbonyl (C=O) groups is 1. The highest BCUT2D eigenvalue weighted by molar-refractivity contribution is 5.82. The number of hydrogen-bond acceptors (Lipinski definition) is 4. The standard InChI is InChI=1S/C21H31N3O2/c1-26-20-9-5-4-8-19(20)24-12-10-16(11-13-24)22-21(25)18-14-15-6-2-3-7-17(15)23-18/h4-5,8-9,15-18,23H,2-3,6-7,10-14H2,1H3,(H,22,25). The molecular weight excluding hydrogens is 326 g/mol. The zero-order valence-electron chi connectivity index (χ0n) is 15.7. The van der Waals surface area contributed by atoms with Gasteiger partial charge >= 0.3 is 0 Å². The zero-order valence-corrected chi connectivity index (χ0v) is 15.7. The Labute approximate surface area is 156 Å². The molecule has 3 unspecified atom stereocenters. The number of rotatable bonds is 4. The van der Waals surface area contributed by atoms with E-state index in [1.165, 1.54) is 25.7 Å². The van der Waals surface area contributed by atoms with Gasteiger partial charge in [0.2, 0.25) is 5.91 Å². The molecule has 2 saturated heterocycles. The van der Waals surface area contributed by atoms with Crippen molar-refractivity contribution in [3.05, 3.63) is 24.3 Å². The first kappa shape index (κ1) is 17.7. The molecule has 1 amide bonds. The maximum atomic E-state index is 12.7. The van der Waals surface area contributed by atoms with Crippen LogP contribution in [0.2, 0.25) is 0 Å². The van der Waals surface area contributed by atoms with Gasteiger partial charge in [-0.25, -0.2) is 0 Å². The van der Waals surface area contributed by atoms with E-state index in [2.05, 4.69) is 27.7 Å². The Balaban J connectivity index is 1.28. The van der Waals surface area contributed by atoms with Gasteiger partial charge in [0.15, 0.2) is 0 Å². The predicted molar refractivity (Wildman–Crippen MR) is 104 cm³/mol. The van der Waals surface area contributed by atoms with Crippen LogP contribution in [0.3, 0.4) is 0 Å². The molecular formula is C21H31N3O2. The van der Waals surface area contributed by atoms with E-state index in [9.17, 15) is 4.79 Å². The van der Waals surface area contributed by atoms with Gasteiger partial charge in [-0.05, 0) is 50.2 Å². The van der Waals surface area contributed by atoms with E-state index < -0.39 is 0 Å². The van der Waals surface area contributed by atoms with Crippen LogP contribution >= 0.6 is 0 Å². The van der Waals surface area contributed by atoms with Crippen molar-refractivity contribution in [2.24, 2.45) is 5.92 Å². The van der Waals surface area contributed by atoms with Crippen LogP contribution in [-0.2, 0) is 4.79 Å². The Morgan fingerprint density at radius 3 is 2.69 bits per heavy atom. The van der Waals surface area contributed by atoms with E-state index in [0.717, 1.165) is 43.8 Å². The molecule has 0 radical (unpaired) electrons. The maximum Gasteiger partial charge on any atom is 0.237 e. The van der Waals surface area contributed by atoms with E-state index in [1.54, 1.807) is 7.11 Å². The molecule has 2 N–H and O–H groups in total. The number of nitrogens with one attached hydrogen (secondary N) is 2. The minimum Gasteiger partial charge on any atom is -0.495 e. The van der Waals surface area contributed by atoms with E-state index in [0.29, 0.717) is 12.0 Å². The lowest BCUT2D eigenvalue weighted by atomic mass is 9.85. The van der Waals surface area contributed by atoms with Crippen LogP contribution in [0.1, 0.15) is 44.9 Å². The number of benzene rings is 1. The number of amides is 1. The Morgan fingerprint density at radius 2 is 1.92 bits per heavy atom. The third-order valence-electron chi connectivity index (χ3n) is 6.45. The molecule has 142 valence electrons. The normalized spacial score (nSPS) is 29.3. The van der Waals surface area contributed by atoms with Gasteiger partial charge in [-0.15, -0.1) is 0 Å². The smallest absolute Gasteiger partial charge is 0.237 e. The van der Waals surface area contributed by atoms with Gasteiger partial charge in [0.1, 0.15) is 5.75 Å². The fourth-order valence-corrected chi connectivity index (χ4v) is 4.98. The average Bonchev–Trinajstić information content (AvgIpc) is 3.13. The summed E-state index contributed by atoms with van der Waals surface area (Å²) in [4.78, 5) is 15.1. The molecule has 5 nitrogen and oxygen atoms in total. The summed E-state index contributed by atoms with van der Waals surface area (Å²) in [7, 11) is 1.72. The highest BCUT2D eigenvalue weighted by Crippen LogP contribution is 2.33. The second kappa shape index (κ2) is 7.87. The number of para-hydroxylation sites is 2. The second-order valence-corrected chi connectivity index (χ2v) is 8.05. The fourth-order valence-electron chi connectivity index (χ4n) is 4.98. The van der Waals surface area contributed by atoms with Crippen LogP contribution in [0, 0.1) is 5.92 Å². The van der Waals surface area contributed by atoms with E-state index >= 15 is 0 Å². The van der Waals surface area contributed by atoms with Crippen LogP contribution in [0.5, 0.6) is 5.75 Å². The topological polar surface area (TPSA) is 53.6 Å². The molecule has 2 aliphatic heterocycles. The van der Waals surface area contributed by atoms with Gasteiger partial charge in [-0.3, -0.25) is 4.79 Å². The number of ether oxygens (including phenoxy) is 1. The van der Waals surface area contributed by atoms with Gasteiger partial charge in [-0.1, -0.05) is 25.0 Å². The number of fused-ring (bicyclic) bond motifs is 1. The molecule has 26 heavy (non-hydrogen) atoms. The first-order chi connectivity index (χ1) is 12.7. The van der Waals surface area contributed by atoms with Gasteiger partial charge in [0.25, 0.3) is 0 Å². The van der Waals surface area contributed by atoms with Crippen LogP contribution in [0.25, 0.3) is 0 Å². The summed E-state index contributed by atoms with van der Waals surface area (Å²) in [6, 6.07) is 9.06. The Kier molecular flexibility index (Phi) is 5.34. The van der Waals surface area contributed by atoms with Crippen molar-refractivity contribution in [3.8, 4) is 5.75 Å². The molecule has 3 fully saturated rings. The summed E-state index contributed by atoms with van der Waals surface area (Å²) in [5.74, 6) is 1.86. The van der Waals surface area contributed by atoms with Crippen LogP contribution in [0.4, 0.5) is 5.69 Å². The maximum absolute atomic E-state index is 12.7. The minimum atomic E-state index is 0.0235. The van der Waals surface area contributed by atoms with Crippen molar-refractivity contribution in [2.75, 3.05) is 25.1 Å². The number of piperidine rings is 1. The highest BCUT2D eigenvalue weighted by atomic mass is 16.5. The summed E-state index contributed by atoms with van der Waals surface area (Å²) in [5, 5.41) is 6.90. The van der Waals surface area contributed by atoms with Crippen molar-refractivity contribution in [1.82, 2.24) is 10.6 Å². The number of methoxy groups -OCH3 is 1. The lowest BCUT2D eigenvalue weighted by Gasteiger charge is -2.35. The number of anilines is 1. The van der Waals surface area contributed by atoms with Crippen molar-refractivity contribution in [2.45, 2.75) is 63.1 Å². The molecule has 1 saturated carbocycles. The van der Waals surface area contributed by atoms with Crippen molar-refractivity contribution in [1.29, 1.82) is 0 Å². The lowest BCUT2D eigenvalue weighted by Crippen LogP contribution is -2.50. The van der Waals surface area contributed by atoms with Crippen LogP contribution in [-0.4, -0.2) is 44.2 Å². The summed E-state index contributed by atoms with van der Waals surface area (Å²) >= 11 is 0. The molecule has 0 bridgehead atoms. The molecule has 1 aliphatic carbocycles. The van der Waals surface area contributed by atoms with E-state index in [4.69, 9.17) is 4.74 Å². The first-order valence-electron chi connectivity index (χ1n) is 10.2. The molecule has 4 rings (SSSR count).